The highest BCUT2D eigenvalue weighted by Gasteiger charge is 2.32. The number of carbonyl (C=O) groups is 2. The number of aryl methyl sites for hydroxylation is 2. The minimum Gasteiger partial charge on any atom is -0.493 e. The molecule has 0 N–H and O–H groups in total. The fourth-order valence-electron chi connectivity index (χ4n) is 4.27. The van der Waals surface area contributed by atoms with Crippen molar-refractivity contribution in [1.29, 1.82) is 0 Å². The van der Waals surface area contributed by atoms with Gasteiger partial charge in [-0.1, -0.05) is 60.7 Å². The van der Waals surface area contributed by atoms with Gasteiger partial charge in [-0.3, -0.25) is 9.59 Å². The zero-order chi connectivity index (χ0) is 22.1. The maximum Gasteiger partial charge on any atom is 0.197 e. The molecule has 0 saturated heterocycles. The Morgan fingerprint density at radius 1 is 0.844 bits per heavy atom. The smallest absolute Gasteiger partial charge is 0.197 e. The Morgan fingerprint density at radius 3 is 2.25 bits per heavy atom. The van der Waals surface area contributed by atoms with Crippen LogP contribution in [0.15, 0.2) is 84.6 Å². The van der Waals surface area contributed by atoms with Crippen molar-refractivity contribution in [3.63, 3.8) is 0 Å². The Kier molecular flexibility index (Phi) is 5.20. The van der Waals surface area contributed by atoms with Crippen molar-refractivity contribution in [1.82, 2.24) is 4.57 Å². The van der Waals surface area contributed by atoms with Crippen LogP contribution >= 0.6 is 0 Å². The maximum atomic E-state index is 12.8. The van der Waals surface area contributed by atoms with Crippen molar-refractivity contribution in [2.24, 2.45) is 0 Å². The standard InChI is InChI=1S/C28H23NO3/c1-19-9-2-7-14-26(19)32-16-8-15-29-18-20(21-10-5-6-13-25(21)29)17-24-27(30)22-11-3-4-12-23(22)28(24)31/h2-7,9-14,17-18H,8,15-16H2,1H3. The first-order valence-electron chi connectivity index (χ1n) is 10.8. The first-order chi connectivity index (χ1) is 15.6. The van der Waals surface area contributed by atoms with Crippen molar-refractivity contribution < 1.29 is 14.3 Å². The average molecular weight is 421 g/mol. The second-order valence-corrected chi connectivity index (χ2v) is 8.02. The molecule has 4 heteroatoms. The van der Waals surface area contributed by atoms with Crippen molar-refractivity contribution in [2.75, 3.05) is 6.61 Å². The van der Waals surface area contributed by atoms with E-state index in [0.717, 1.165) is 40.7 Å². The molecule has 0 atom stereocenters. The van der Waals surface area contributed by atoms with Crippen LogP contribution in [0.25, 0.3) is 17.0 Å². The quantitative estimate of drug-likeness (QED) is 0.222. The summed E-state index contributed by atoms with van der Waals surface area (Å²) in [5.74, 6) is 0.510. The third-order valence-electron chi connectivity index (χ3n) is 5.92. The van der Waals surface area contributed by atoms with Gasteiger partial charge in [0.2, 0.25) is 0 Å². The zero-order valence-electron chi connectivity index (χ0n) is 17.9. The summed E-state index contributed by atoms with van der Waals surface area (Å²) >= 11 is 0. The number of ketones is 2. The molecule has 32 heavy (non-hydrogen) atoms. The van der Waals surface area contributed by atoms with Crippen LogP contribution in [0.3, 0.4) is 0 Å². The monoisotopic (exact) mass is 421 g/mol. The number of ether oxygens (including phenoxy) is 1. The highest BCUT2D eigenvalue weighted by atomic mass is 16.5. The van der Waals surface area contributed by atoms with E-state index in [-0.39, 0.29) is 17.1 Å². The van der Waals surface area contributed by atoms with Gasteiger partial charge in [0.25, 0.3) is 0 Å². The molecule has 0 saturated carbocycles. The van der Waals surface area contributed by atoms with Crippen LogP contribution in [0.5, 0.6) is 5.75 Å². The van der Waals surface area contributed by atoms with E-state index in [1.165, 1.54) is 0 Å². The van der Waals surface area contributed by atoms with E-state index in [4.69, 9.17) is 4.74 Å². The van der Waals surface area contributed by atoms with Gasteiger partial charge in [0, 0.05) is 40.3 Å². The lowest BCUT2D eigenvalue weighted by atomic mass is 10.1. The SMILES string of the molecule is Cc1ccccc1OCCCn1cc(C=C2C(=O)c3ccccc3C2=O)c2ccccc21. The summed E-state index contributed by atoms with van der Waals surface area (Å²) in [6.45, 7) is 3.43. The number of rotatable bonds is 6. The van der Waals surface area contributed by atoms with Crippen molar-refractivity contribution in [2.45, 2.75) is 19.9 Å². The molecule has 158 valence electrons. The minimum absolute atomic E-state index is 0.200. The molecular weight excluding hydrogens is 398 g/mol. The largest absolute Gasteiger partial charge is 0.493 e. The van der Waals surface area contributed by atoms with E-state index in [2.05, 4.69) is 10.6 Å². The van der Waals surface area contributed by atoms with Crippen LogP contribution in [-0.2, 0) is 6.54 Å². The van der Waals surface area contributed by atoms with Crippen molar-refractivity contribution >= 4 is 28.5 Å². The lowest BCUT2D eigenvalue weighted by molar-refractivity contribution is 0.0990. The Bertz CT molecular complexity index is 1340. The lowest BCUT2D eigenvalue weighted by Crippen LogP contribution is -2.04. The summed E-state index contributed by atoms with van der Waals surface area (Å²) in [5, 5.41) is 1.02. The van der Waals surface area contributed by atoms with E-state index in [1.54, 1.807) is 30.3 Å². The zero-order valence-corrected chi connectivity index (χ0v) is 17.9. The predicted molar refractivity (Wildman–Crippen MR) is 126 cm³/mol. The molecule has 0 bridgehead atoms. The summed E-state index contributed by atoms with van der Waals surface area (Å²) in [6, 6.07) is 23.1. The van der Waals surface area contributed by atoms with E-state index in [9.17, 15) is 9.59 Å². The van der Waals surface area contributed by atoms with Crippen LogP contribution in [0, 0.1) is 6.92 Å². The average Bonchev–Trinajstić information content (AvgIpc) is 3.29. The Labute approximate surface area is 186 Å². The van der Waals surface area contributed by atoms with Gasteiger partial charge in [0.1, 0.15) is 5.75 Å². The van der Waals surface area contributed by atoms with Gasteiger partial charge < -0.3 is 9.30 Å². The van der Waals surface area contributed by atoms with Crippen LogP contribution in [0.4, 0.5) is 0 Å². The molecule has 1 aliphatic carbocycles. The molecule has 0 spiro atoms. The van der Waals surface area contributed by atoms with E-state index >= 15 is 0 Å². The second kappa shape index (κ2) is 8.31. The molecule has 0 fully saturated rings. The number of Topliss-reactive ketones (excluding diaryl/α,β-unsaturated/α-hetero) is 2. The van der Waals surface area contributed by atoms with E-state index < -0.39 is 0 Å². The van der Waals surface area contributed by atoms with E-state index in [1.807, 2.05) is 55.6 Å². The van der Waals surface area contributed by atoms with Gasteiger partial charge in [-0.25, -0.2) is 0 Å². The van der Waals surface area contributed by atoms with Crippen LogP contribution < -0.4 is 4.74 Å². The van der Waals surface area contributed by atoms with E-state index in [0.29, 0.717) is 17.7 Å². The molecule has 4 nitrogen and oxygen atoms in total. The number of aromatic nitrogens is 1. The third kappa shape index (κ3) is 3.54. The van der Waals surface area contributed by atoms with Crippen LogP contribution in [0.2, 0.25) is 0 Å². The van der Waals surface area contributed by atoms with Gasteiger partial charge in [0.15, 0.2) is 11.6 Å². The lowest BCUT2D eigenvalue weighted by Gasteiger charge is -2.09. The molecule has 0 aliphatic heterocycles. The summed E-state index contributed by atoms with van der Waals surface area (Å²) in [6.07, 6.45) is 4.61. The summed E-state index contributed by atoms with van der Waals surface area (Å²) in [5.41, 5.74) is 4.29. The summed E-state index contributed by atoms with van der Waals surface area (Å²) in [4.78, 5) is 25.6. The molecule has 4 aromatic rings. The molecule has 1 aromatic heterocycles. The molecule has 1 heterocycles. The van der Waals surface area contributed by atoms with Gasteiger partial charge in [-0.15, -0.1) is 0 Å². The minimum atomic E-state index is -0.200. The molecular formula is C28H23NO3. The Balaban J connectivity index is 1.39. The molecule has 1 aliphatic rings. The fraction of sp³-hybridized carbons (Fsp3) is 0.143. The topological polar surface area (TPSA) is 48.3 Å². The number of benzene rings is 3. The Hall–Kier alpha value is -3.92. The second-order valence-electron chi connectivity index (χ2n) is 8.02. The number of nitrogens with zero attached hydrogens (tertiary/aromatic N) is 1. The van der Waals surface area contributed by atoms with Crippen molar-refractivity contribution in [3.05, 3.63) is 107 Å². The Morgan fingerprint density at radius 2 is 1.50 bits per heavy atom. The van der Waals surface area contributed by atoms with Crippen LogP contribution in [-0.4, -0.2) is 22.7 Å². The number of para-hydroxylation sites is 2. The molecule has 0 radical (unpaired) electrons. The third-order valence-corrected chi connectivity index (χ3v) is 5.92. The number of allylic oxidation sites excluding steroid dienone is 1. The normalized spacial score (nSPS) is 13.0. The number of hydrogen-bond acceptors (Lipinski definition) is 3. The number of fused-ring (bicyclic) bond motifs is 2. The first kappa shape index (κ1) is 20.0. The van der Waals surface area contributed by atoms with Gasteiger partial charge in [-0.05, 0) is 37.1 Å². The summed E-state index contributed by atoms with van der Waals surface area (Å²) in [7, 11) is 0. The molecule has 0 amide bonds. The number of hydrogen-bond donors (Lipinski definition) is 0. The van der Waals surface area contributed by atoms with Gasteiger partial charge in [0.05, 0.1) is 12.2 Å². The highest BCUT2D eigenvalue weighted by Crippen LogP contribution is 2.30. The molecule has 0 unspecified atom stereocenters. The fourth-order valence-corrected chi connectivity index (χ4v) is 4.27. The van der Waals surface area contributed by atoms with Gasteiger partial charge >= 0.3 is 0 Å². The molecule has 5 rings (SSSR count). The van der Waals surface area contributed by atoms with Gasteiger partial charge in [-0.2, -0.15) is 0 Å². The molecule has 3 aromatic carbocycles. The number of carbonyl (C=O) groups excluding carboxylic acids is 2. The summed E-state index contributed by atoms with van der Waals surface area (Å²) < 4.78 is 8.10. The van der Waals surface area contributed by atoms with Crippen molar-refractivity contribution in [3.8, 4) is 5.75 Å². The predicted octanol–water partition coefficient (Wildman–Crippen LogP) is 5.88. The first-order valence-corrected chi connectivity index (χ1v) is 10.8. The maximum absolute atomic E-state index is 12.8. The van der Waals surface area contributed by atoms with Crippen LogP contribution in [0.1, 0.15) is 38.3 Å². The highest BCUT2D eigenvalue weighted by molar-refractivity contribution is 6.41.